The Kier molecular flexibility index (Phi) is 3.80. The van der Waals surface area contributed by atoms with Gasteiger partial charge in [0.05, 0.1) is 0 Å². The smallest absolute Gasteiger partial charge is 0.226 e. The molecule has 0 saturated heterocycles. The SMILES string of the molecule is NS(=O)(=O)C(Br)(Br)c1ccccc1Br. The lowest BCUT2D eigenvalue weighted by molar-refractivity contribution is 0.594. The Labute approximate surface area is 107 Å². The number of primary sulfonamides is 1. The third kappa shape index (κ3) is 2.38. The molecule has 3 nitrogen and oxygen atoms in total. The van der Waals surface area contributed by atoms with Crippen LogP contribution < -0.4 is 5.14 Å². The first-order valence-electron chi connectivity index (χ1n) is 3.42. The number of nitrogens with two attached hydrogens (primary N) is 1. The monoisotopic (exact) mass is 405 g/mol. The minimum atomic E-state index is -3.77. The van der Waals surface area contributed by atoms with E-state index in [2.05, 4.69) is 47.8 Å². The predicted octanol–water partition coefficient (Wildman–Crippen LogP) is 2.64. The summed E-state index contributed by atoms with van der Waals surface area (Å²) in [7, 11) is -3.77. The lowest BCUT2D eigenvalue weighted by Crippen LogP contribution is -2.30. The van der Waals surface area contributed by atoms with Gasteiger partial charge < -0.3 is 0 Å². The average Bonchev–Trinajstić information content (AvgIpc) is 2.02. The van der Waals surface area contributed by atoms with Gasteiger partial charge in [0.25, 0.3) is 0 Å². The molecule has 0 bridgehead atoms. The van der Waals surface area contributed by atoms with E-state index < -0.39 is 12.6 Å². The fraction of sp³-hybridized carbons (Fsp3) is 0.143. The summed E-state index contributed by atoms with van der Waals surface area (Å²) in [6.07, 6.45) is 0. The minimum Gasteiger partial charge on any atom is -0.226 e. The Morgan fingerprint density at radius 1 is 1.21 bits per heavy atom. The molecule has 0 spiro atoms. The first-order chi connectivity index (χ1) is 6.27. The molecule has 0 amide bonds. The molecule has 0 saturated carbocycles. The van der Waals surface area contributed by atoms with Crippen molar-refractivity contribution in [3.63, 3.8) is 0 Å². The second kappa shape index (κ2) is 4.21. The highest BCUT2D eigenvalue weighted by molar-refractivity contribution is 9.27. The van der Waals surface area contributed by atoms with E-state index in [0.29, 0.717) is 10.0 Å². The molecule has 0 aliphatic heterocycles. The van der Waals surface area contributed by atoms with Crippen molar-refractivity contribution < 1.29 is 8.42 Å². The fourth-order valence-corrected chi connectivity index (χ4v) is 3.27. The minimum absolute atomic E-state index is 0.502. The number of hydrogen-bond donors (Lipinski definition) is 1. The van der Waals surface area contributed by atoms with Crippen LogP contribution in [0.3, 0.4) is 0 Å². The van der Waals surface area contributed by atoms with E-state index in [9.17, 15) is 8.42 Å². The number of rotatable bonds is 2. The summed E-state index contributed by atoms with van der Waals surface area (Å²) in [5, 5.41) is 5.07. The second-order valence-corrected chi connectivity index (χ2v) is 9.59. The molecule has 1 rings (SSSR count). The van der Waals surface area contributed by atoms with Gasteiger partial charge in [-0.3, -0.25) is 0 Å². The standard InChI is InChI=1S/C7H6Br3NO2S/c8-6-4-2-1-3-5(6)7(9,10)14(11,12)13/h1-4H,(H2,11,12,13). The van der Waals surface area contributed by atoms with Crippen molar-refractivity contribution in [1.29, 1.82) is 0 Å². The number of sulfonamides is 1. The van der Waals surface area contributed by atoms with Gasteiger partial charge in [0.15, 0.2) is 0 Å². The highest BCUT2D eigenvalue weighted by Gasteiger charge is 2.39. The van der Waals surface area contributed by atoms with Gasteiger partial charge in [-0.2, -0.15) is 0 Å². The van der Waals surface area contributed by atoms with E-state index in [1.165, 1.54) is 0 Å². The summed E-state index contributed by atoms with van der Waals surface area (Å²) in [5.41, 5.74) is 0.502. The molecule has 0 fully saturated rings. The first kappa shape index (κ1) is 12.6. The van der Waals surface area contributed by atoms with Crippen LogP contribution in [0.4, 0.5) is 0 Å². The van der Waals surface area contributed by atoms with Crippen LogP contribution >= 0.6 is 47.8 Å². The topological polar surface area (TPSA) is 60.2 Å². The van der Waals surface area contributed by atoms with Crippen LogP contribution in [0.5, 0.6) is 0 Å². The zero-order valence-corrected chi connectivity index (χ0v) is 12.3. The summed E-state index contributed by atoms with van der Waals surface area (Å²) in [5.74, 6) is 0. The molecule has 0 aromatic heterocycles. The number of hydrogen-bond acceptors (Lipinski definition) is 2. The van der Waals surface area contributed by atoms with Crippen molar-refractivity contribution >= 4 is 57.8 Å². The third-order valence-corrected chi connectivity index (χ3v) is 6.73. The first-order valence-corrected chi connectivity index (χ1v) is 7.34. The molecule has 2 N–H and O–H groups in total. The van der Waals surface area contributed by atoms with Gasteiger partial charge >= 0.3 is 0 Å². The van der Waals surface area contributed by atoms with Crippen molar-refractivity contribution in [2.75, 3.05) is 0 Å². The van der Waals surface area contributed by atoms with Gasteiger partial charge in [0.1, 0.15) is 0 Å². The van der Waals surface area contributed by atoms with E-state index in [4.69, 9.17) is 5.14 Å². The molecule has 0 aliphatic rings. The number of alkyl halides is 2. The van der Waals surface area contributed by atoms with Crippen molar-refractivity contribution in [2.45, 2.75) is 2.57 Å². The largest absolute Gasteiger partial charge is 0.239 e. The maximum atomic E-state index is 11.3. The normalized spacial score (nSPS) is 12.9. The van der Waals surface area contributed by atoms with E-state index in [1.54, 1.807) is 24.3 Å². The molecule has 0 atom stereocenters. The van der Waals surface area contributed by atoms with E-state index >= 15 is 0 Å². The Morgan fingerprint density at radius 3 is 2.14 bits per heavy atom. The Bertz CT molecular complexity index is 444. The summed E-state index contributed by atoms with van der Waals surface area (Å²) in [6.45, 7) is 0. The molecule has 78 valence electrons. The van der Waals surface area contributed by atoms with Crippen LogP contribution in [-0.4, -0.2) is 8.42 Å². The van der Waals surface area contributed by atoms with Gasteiger partial charge in [-0.25, -0.2) is 13.6 Å². The summed E-state index contributed by atoms with van der Waals surface area (Å²) >= 11 is 9.31. The molecule has 0 unspecified atom stereocenters. The molecule has 7 heteroatoms. The maximum absolute atomic E-state index is 11.3. The van der Waals surface area contributed by atoms with E-state index in [1.807, 2.05) is 0 Å². The Morgan fingerprint density at radius 2 is 1.71 bits per heavy atom. The summed E-state index contributed by atoms with van der Waals surface area (Å²) < 4.78 is 21.7. The summed E-state index contributed by atoms with van der Waals surface area (Å²) in [6, 6.07) is 6.89. The number of halogens is 3. The van der Waals surface area contributed by atoms with E-state index in [0.717, 1.165) is 0 Å². The number of benzene rings is 1. The fourth-order valence-electron chi connectivity index (χ4n) is 0.851. The highest BCUT2D eigenvalue weighted by atomic mass is 79.9. The molecule has 0 radical (unpaired) electrons. The molecule has 1 aromatic carbocycles. The van der Waals surface area contributed by atoms with Gasteiger partial charge in [-0.05, 0) is 37.9 Å². The zero-order chi connectivity index (χ0) is 11.0. The van der Waals surface area contributed by atoms with Crippen molar-refractivity contribution in [3.05, 3.63) is 34.3 Å². The quantitative estimate of drug-likeness (QED) is 0.766. The van der Waals surface area contributed by atoms with Gasteiger partial charge in [-0.15, -0.1) is 0 Å². The van der Waals surface area contributed by atoms with Crippen molar-refractivity contribution in [3.8, 4) is 0 Å². The lowest BCUT2D eigenvalue weighted by Gasteiger charge is -2.19. The molecule has 14 heavy (non-hydrogen) atoms. The second-order valence-electron chi connectivity index (χ2n) is 2.54. The van der Waals surface area contributed by atoms with Crippen molar-refractivity contribution in [1.82, 2.24) is 0 Å². The maximum Gasteiger partial charge on any atom is 0.239 e. The Hall–Kier alpha value is 0.570. The van der Waals surface area contributed by atoms with E-state index in [-0.39, 0.29) is 0 Å². The Balaban J connectivity index is 3.38. The zero-order valence-electron chi connectivity index (χ0n) is 6.75. The van der Waals surface area contributed by atoms with Crippen LogP contribution in [0.1, 0.15) is 5.56 Å². The lowest BCUT2D eigenvalue weighted by atomic mass is 10.2. The molecule has 0 aliphatic carbocycles. The van der Waals surface area contributed by atoms with Crippen LogP contribution in [0.25, 0.3) is 0 Å². The average molecular weight is 408 g/mol. The van der Waals surface area contributed by atoms with Crippen LogP contribution in [-0.2, 0) is 12.6 Å². The van der Waals surface area contributed by atoms with Crippen LogP contribution in [0, 0.1) is 0 Å². The van der Waals surface area contributed by atoms with Crippen LogP contribution in [0.2, 0.25) is 0 Å². The summed E-state index contributed by atoms with van der Waals surface area (Å²) in [4.78, 5) is 0. The molecular formula is C7H6Br3NO2S. The molecule has 0 heterocycles. The third-order valence-electron chi connectivity index (χ3n) is 1.54. The molecular weight excluding hydrogens is 402 g/mol. The van der Waals surface area contributed by atoms with Gasteiger partial charge in [-0.1, -0.05) is 34.1 Å². The van der Waals surface area contributed by atoms with Crippen LogP contribution in [0.15, 0.2) is 28.7 Å². The molecule has 1 aromatic rings. The van der Waals surface area contributed by atoms with Gasteiger partial charge in [0.2, 0.25) is 12.6 Å². The van der Waals surface area contributed by atoms with Crippen molar-refractivity contribution in [2.24, 2.45) is 5.14 Å². The van der Waals surface area contributed by atoms with Gasteiger partial charge in [0, 0.05) is 10.0 Å². The predicted molar refractivity (Wildman–Crippen MR) is 66.8 cm³/mol. The highest BCUT2D eigenvalue weighted by Crippen LogP contribution is 2.44.